The molecule has 1 aliphatic rings. The highest BCUT2D eigenvalue weighted by Crippen LogP contribution is 2.14. The van der Waals surface area contributed by atoms with Crippen molar-refractivity contribution in [2.24, 2.45) is 0 Å². The minimum absolute atomic E-state index is 0.0266. The molecule has 6 heteroatoms. The zero-order valence-corrected chi connectivity index (χ0v) is 15.7. The van der Waals surface area contributed by atoms with Gasteiger partial charge < -0.3 is 10.4 Å². The fourth-order valence-corrected chi connectivity index (χ4v) is 4.65. The number of rotatable bonds is 10. The smallest absolute Gasteiger partial charge is 0.156 e. The minimum Gasteiger partial charge on any atom is -0.391 e. The number of hydrogen-bond donors (Lipinski definition) is 2. The van der Waals surface area contributed by atoms with Crippen LogP contribution in [0.1, 0.15) is 50.2 Å². The summed E-state index contributed by atoms with van der Waals surface area (Å²) in [6, 6.07) is 6.70. The van der Waals surface area contributed by atoms with Gasteiger partial charge in [0, 0.05) is 6.42 Å². The molecular weight excluding hydrogens is 338 g/mol. The number of Topliss-reactive ketones (excluding diaryl/α,β-unsaturated/α-hetero) is 1. The zero-order chi connectivity index (χ0) is 18.3. The van der Waals surface area contributed by atoms with Gasteiger partial charge >= 0.3 is 0 Å². The SMILES string of the molecule is CCCCCCS(=O)(=O)Cc1ccc(CC(=O)[C@H]2NCC[C@@H]2O)cc1. The molecule has 2 N–H and O–H groups in total. The molecule has 1 saturated heterocycles. The third-order valence-corrected chi connectivity index (χ3v) is 6.32. The van der Waals surface area contributed by atoms with Gasteiger partial charge in [0.15, 0.2) is 15.6 Å². The molecule has 1 aromatic carbocycles. The molecule has 0 aromatic heterocycles. The summed E-state index contributed by atoms with van der Waals surface area (Å²) in [6.45, 7) is 2.76. The van der Waals surface area contributed by atoms with Crippen LogP contribution in [0.5, 0.6) is 0 Å². The number of ketones is 1. The second-order valence-corrected chi connectivity index (χ2v) is 9.08. The predicted molar refractivity (Wildman–Crippen MR) is 99.2 cm³/mol. The van der Waals surface area contributed by atoms with Gasteiger partial charge in [-0.2, -0.15) is 0 Å². The van der Waals surface area contributed by atoms with Crippen molar-refractivity contribution in [1.29, 1.82) is 0 Å². The summed E-state index contributed by atoms with van der Waals surface area (Å²) in [4.78, 5) is 12.2. The molecule has 0 radical (unpaired) electrons. The average molecular weight is 368 g/mol. The predicted octanol–water partition coefficient (Wildman–Crippen LogP) is 2.02. The van der Waals surface area contributed by atoms with Gasteiger partial charge in [-0.15, -0.1) is 0 Å². The Morgan fingerprint density at radius 2 is 1.84 bits per heavy atom. The van der Waals surface area contributed by atoms with Crippen LogP contribution in [0.25, 0.3) is 0 Å². The quantitative estimate of drug-likeness (QED) is 0.618. The van der Waals surface area contributed by atoms with E-state index in [1.807, 2.05) is 0 Å². The number of benzene rings is 1. The van der Waals surface area contributed by atoms with Crippen LogP contribution in [0.4, 0.5) is 0 Å². The van der Waals surface area contributed by atoms with Crippen LogP contribution in [-0.2, 0) is 26.8 Å². The summed E-state index contributed by atoms with van der Waals surface area (Å²) in [5.41, 5.74) is 1.60. The lowest BCUT2D eigenvalue weighted by molar-refractivity contribution is -0.122. The van der Waals surface area contributed by atoms with Gasteiger partial charge in [0.05, 0.1) is 23.7 Å². The van der Waals surface area contributed by atoms with E-state index in [9.17, 15) is 18.3 Å². The summed E-state index contributed by atoms with van der Waals surface area (Å²) in [5, 5.41) is 12.8. The summed E-state index contributed by atoms with van der Waals surface area (Å²) in [5.74, 6) is 0.260. The highest BCUT2D eigenvalue weighted by molar-refractivity contribution is 7.90. The molecule has 1 heterocycles. The lowest BCUT2D eigenvalue weighted by Crippen LogP contribution is -2.39. The van der Waals surface area contributed by atoms with Crippen LogP contribution in [0.3, 0.4) is 0 Å². The van der Waals surface area contributed by atoms with Gasteiger partial charge in [-0.1, -0.05) is 50.5 Å². The Morgan fingerprint density at radius 1 is 1.16 bits per heavy atom. The second kappa shape index (κ2) is 9.46. The lowest BCUT2D eigenvalue weighted by atomic mass is 10.0. The number of carbonyl (C=O) groups excluding carboxylic acids is 1. The molecule has 2 atom stereocenters. The maximum atomic E-state index is 12.2. The van der Waals surface area contributed by atoms with E-state index in [1.165, 1.54) is 0 Å². The number of carbonyl (C=O) groups is 1. The first-order chi connectivity index (χ1) is 11.9. The highest BCUT2D eigenvalue weighted by Gasteiger charge is 2.30. The first-order valence-corrected chi connectivity index (χ1v) is 11.0. The molecule has 5 nitrogen and oxygen atoms in total. The van der Waals surface area contributed by atoms with Crippen molar-refractivity contribution in [2.45, 2.75) is 63.3 Å². The van der Waals surface area contributed by atoms with E-state index in [0.29, 0.717) is 13.0 Å². The fourth-order valence-electron chi connectivity index (χ4n) is 3.16. The second-order valence-electron chi connectivity index (χ2n) is 6.90. The molecule has 1 aliphatic heterocycles. The molecule has 0 aliphatic carbocycles. The minimum atomic E-state index is -3.08. The van der Waals surface area contributed by atoms with Gasteiger partial charge in [0.25, 0.3) is 0 Å². The van der Waals surface area contributed by atoms with Crippen LogP contribution >= 0.6 is 0 Å². The molecule has 0 unspecified atom stereocenters. The Morgan fingerprint density at radius 3 is 2.44 bits per heavy atom. The molecule has 25 heavy (non-hydrogen) atoms. The van der Waals surface area contributed by atoms with Gasteiger partial charge in [0.1, 0.15) is 0 Å². The van der Waals surface area contributed by atoms with E-state index in [-0.39, 0.29) is 23.7 Å². The Kier molecular flexibility index (Phi) is 7.59. The molecule has 0 amide bonds. The van der Waals surface area contributed by atoms with E-state index in [0.717, 1.165) is 36.8 Å². The molecule has 0 bridgehead atoms. The molecule has 0 spiro atoms. The van der Waals surface area contributed by atoms with Crippen molar-refractivity contribution in [3.63, 3.8) is 0 Å². The molecule has 140 valence electrons. The van der Waals surface area contributed by atoms with Crippen LogP contribution in [0.2, 0.25) is 0 Å². The lowest BCUT2D eigenvalue weighted by Gasteiger charge is -2.13. The first kappa shape index (κ1) is 20.1. The fraction of sp³-hybridized carbons (Fsp3) is 0.632. The van der Waals surface area contributed by atoms with E-state index >= 15 is 0 Å². The maximum Gasteiger partial charge on any atom is 0.156 e. The average Bonchev–Trinajstić information content (AvgIpc) is 2.99. The monoisotopic (exact) mass is 367 g/mol. The van der Waals surface area contributed by atoms with Crippen LogP contribution < -0.4 is 5.32 Å². The number of sulfone groups is 1. The Hall–Kier alpha value is -1.24. The van der Waals surface area contributed by atoms with E-state index < -0.39 is 22.0 Å². The van der Waals surface area contributed by atoms with Gasteiger partial charge in [0.2, 0.25) is 0 Å². The van der Waals surface area contributed by atoms with Gasteiger partial charge in [-0.05, 0) is 30.5 Å². The van der Waals surface area contributed by atoms with Gasteiger partial charge in [-0.3, -0.25) is 4.79 Å². The largest absolute Gasteiger partial charge is 0.391 e. The summed E-state index contributed by atoms with van der Waals surface area (Å²) in [6.07, 6.45) is 4.09. The number of aliphatic hydroxyl groups excluding tert-OH is 1. The molecular formula is C19H29NO4S. The van der Waals surface area contributed by atoms with Crippen LogP contribution in [0, 0.1) is 0 Å². The summed E-state index contributed by atoms with van der Waals surface area (Å²) in [7, 11) is -3.08. The van der Waals surface area contributed by atoms with Crippen molar-refractivity contribution < 1.29 is 18.3 Å². The Labute approximate surface area is 150 Å². The zero-order valence-electron chi connectivity index (χ0n) is 14.9. The Bertz CT molecular complexity index is 655. The van der Waals surface area contributed by atoms with E-state index in [1.54, 1.807) is 24.3 Å². The van der Waals surface area contributed by atoms with E-state index in [2.05, 4.69) is 12.2 Å². The highest BCUT2D eigenvalue weighted by atomic mass is 32.2. The van der Waals surface area contributed by atoms with Gasteiger partial charge in [-0.25, -0.2) is 8.42 Å². The third-order valence-electron chi connectivity index (χ3n) is 4.63. The summed E-state index contributed by atoms with van der Waals surface area (Å²) >= 11 is 0. The number of nitrogens with one attached hydrogen (secondary N) is 1. The molecule has 2 rings (SSSR count). The van der Waals surface area contributed by atoms with Crippen LogP contribution in [-0.4, -0.2) is 43.8 Å². The first-order valence-electron chi connectivity index (χ1n) is 9.13. The van der Waals surface area contributed by atoms with Crippen molar-refractivity contribution >= 4 is 15.6 Å². The van der Waals surface area contributed by atoms with Crippen molar-refractivity contribution in [1.82, 2.24) is 5.32 Å². The normalized spacial score (nSPS) is 20.7. The van der Waals surface area contributed by atoms with Crippen molar-refractivity contribution in [3.8, 4) is 0 Å². The van der Waals surface area contributed by atoms with Crippen molar-refractivity contribution in [2.75, 3.05) is 12.3 Å². The maximum absolute atomic E-state index is 12.2. The van der Waals surface area contributed by atoms with Crippen molar-refractivity contribution in [3.05, 3.63) is 35.4 Å². The number of unbranched alkanes of at least 4 members (excludes halogenated alkanes) is 3. The molecule has 1 aromatic rings. The Balaban J connectivity index is 1.85. The molecule has 1 fully saturated rings. The van der Waals surface area contributed by atoms with Crippen LogP contribution in [0.15, 0.2) is 24.3 Å². The topological polar surface area (TPSA) is 83.5 Å². The molecule has 0 saturated carbocycles. The number of aliphatic hydroxyl groups is 1. The third kappa shape index (κ3) is 6.53. The standard InChI is InChI=1S/C19H29NO4S/c1-2-3-4-5-12-25(23,24)14-16-8-6-15(7-9-16)13-18(22)19-17(21)10-11-20-19/h6-9,17,19-21H,2-5,10-14H2,1H3/t17-,19-/m0/s1. The summed E-state index contributed by atoms with van der Waals surface area (Å²) < 4.78 is 24.3. The van der Waals surface area contributed by atoms with E-state index in [4.69, 9.17) is 0 Å². The number of hydrogen-bond acceptors (Lipinski definition) is 5.